The smallest absolute Gasteiger partial charge is 0.330 e. The number of carbonyl (C=O) groups is 4. The van der Waals surface area contributed by atoms with Crippen LogP contribution in [0.5, 0.6) is 0 Å². The molecular weight excluding hydrogens is 384 g/mol. The number of fused-ring (bicyclic) bond motifs is 5. The molecule has 160 valence electrons. The maximum atomic E-state index is 13.1. The highest BCUT2D eigenvalue weighted by Crippen LogP contribution is 2.56. The highest BCUT2D eigenvalue weighted by atomic mass is 16.5. The Kier molecular flexibility index (Phi) is 5.38. The monoisotopic (exact) mass is 412 g/mol. The molecule has 2 aliphatic carbocycles. The third-order valence-corrected chi connectivity index (χ3v) is 6.88. The van der Waals surface area contributed by atoms with Crippen LogP contribution in [0.4, 0.5) is 5.69 Å². The van der Waals surface area contributed by atoms with Gasteiger partial charge in [0.15, 0.2) is 6.61 Å². The molecule has 1 N–H and O–H groups in total. The standard InChI is InChI=1S/C23H28N2O5/c1-12(2)20(23(29)30-11-17(26)24-16-7-5-4-6-13(16)3)25-21(27)18-14-8-9-15(10-14)19(18)22(25)28/h4-7,12,14-15,18-20H,8-11H2,1-3H3,(H,24,26)/t14-,15+,18-,19+,20-/m0/s1. The number of hydrogen-bond donors (Lipinski definition) is 1. The number of benzene rings is 1. The second-order valence-electron chi connectivity index (χ2n) is 9.09. The van der Waals surface area contributed by atoms with Crippen molar-refractivity contribution < 1.29 is 23.9 Å². The topological polar surface area (TPSA) is 92.8 Å². The van der Waals surface area contributed by atoms with E-state index in [4.69, 9.17) is 4.74 Å². The van der Waals surface area contributed by atoms with Gasteiger partial charge in [-0.3, -0.25) is 19.3 Å². The maximum absolute atomic E-state index is 13.1. The van der Waals surface area contributed by atoms with Crippen molar-refractivity contribution in [2.75, 3.05) is 11.9 Å². The van der Waals surface area contributed by atoms with E-state index >= 15 is 0 Å². The molecule has 0 unspecified atom stereocenters. The third kappa shape index (κ3) is 3.40. The predicted octanol–water partition coefficient (Wildman–Crippen LogP) is 2.53. The van der Waals surface area contributed by atoms with Gasteiger partial charge in [0.05, 0.1) is 11.8 Å². The molecule has 3 aliphatic rings. The van der Waals surface area contributed by atoms with Crippen molar-refractivity contribution in [1.82, 2.24) is 4.90 Å². The van der Waals surface area contributed by atoms with E-state index in [0.29, 0.717) is 5.69 Å². The molecule has 2 saturated carbocycles. The Bertz CT molecular complexity index is 867. The van der Waals surface area contributed by atoms with Gasteiger partial charge in [-0.2, -0.15) is 0 Å². The summed E-state index contributed by atoms with van der Waals surface area (Å²) in [6, 6.07) is 6.30. The number of imide groups is 1. The van der Waals surface area contributed by atoms with Gasteiger partial charge in [-0.1, -0.05) is 32.0 Å². The Labute approximate surface area is 176 Å². The lowest BCUT2D eigenvalue weighted by Crippen LogP contribution is -2.50. The first-order chi connectivity index (χ1) is 14.3. The Balaban J connectivity index is 1.42. The van der Waals surface area contributed by atoms with E-state index in [1.54, 1.807) is 26.0 Å². The van der Waals surface area contributed by atoms with Gasteiger partial charge in [-0.25, -0.2) is 4.79 Å². The average molecular weight is 412 g/mol. The van der Waals surface area contributed by atoms with E-state index in [9.17, 15) is 19.2 Å². The zero-order valence-corrected chi connectivity index (χ0v) is 17.6. The lowest BCUT2D eigenvalue weighted by atomic mass is 9.81. The summed E-state index contributed by atoms with van der Waals surface area (Å²) in [7, 11) is 0. The van der Waals surface area contributed by atoms with Crippen molar-refractivity contribution in [2.24, 2.45) is 29.6 Å². The van der Waals surface area contributed by atoms with Gasteiger partial charge >= 0.3 is 5.97 Å². The van der Waals surface area contributed by atoms with Crippen LogP contribution in [0.2, 0.25) is 0 Å². The summed E-state index contributed by atoms with van der Waals surface area (Å²) in [5.74, 6) is -2.01. The minimum Gasteiger partial charge on any atom is -0.454 e. The van der Waals surface area contributed by atoms with Crippen LogP contribution in [0.15, 0.2) is 24.3 Å². The average Bonchev–Trinajstić information content (AvgIpc) is 3.38. The first kappa shape index (κ1) is 20.6. The van der Waals surface area contributed by atoms with E-state index in [1.165, 1.54) is 0 Å². The first-order valence-corrected chi connectivity index (χ1v) is 10.7. The number of anilines is 1. The SMILES string of the molecule is Cc1ccccc1NC(=O)COC(=O)[C@H](C(C)C)N1C(=O)[C@@H]2[C@@H]3CC[C@@H](C3)[C@@H]2C1=O. The summed E-state index contributed by atoms with van der Waals surface area (Å²) < 4.78 is 5.24. The summed E-state index contributed by atoms with van der Waals surface area (Å²) in [6.07, 6.45) is 2.90. The number of esters is 1. The molecule has 5 atom stereocenters. The van der Waals surface area contributed by atoms with Gasteiger partial charge in [0.2, 0.25) is 11.8 Å². The minimum absolute atomic E-state index is 0.239. The van der Waals surface area contributed by atoms with Crippen LogP contribution in [0, 0.1) is 36.5 Å². The summed E-state index contributed by atoms with van der Waals surface area (Å²) >= 11 is 0. The van der Waals surface area contributed by atoms with Crippen LogP contribution in [-0.4, -0.2) is 41.2 Å². The van der Waals surface area contributed by atoms with E-state index in [2.05, 4.69) is 5.32 Å². The number of nitrogens with zero attached hydrogens (tertiary/aromatic N) is 1. The highest BCUT2D eigenvalue weighted by Gasteiger charge is 2.62. The molecule has 1 heterocycles. The van der Waals surface area contributed by atoms with Crippen molar-refractivity contribution in [3.8, 4) is 0 Å². The molecule has 0 spiro atoms. The molecule has 7 heteroatoms. The summed E-state index contributed by atoms with van der Waals surface area (Å²) in [5.41, 5.74) is 1.54. The molecule has 7 nitrogen and oxygen atoms in total. The molecule has 1 aromatic carbocycles. The Hall–Kier alpha value is -2.70. The first-order valence-electron chi connectivity index (χ1n) is 10.7. The fourth-order valence-corrected chi connectivity index (χ4v) is 5.50. The third-order valence-electron chi connectivity index (χ3n) is 6.88. The number of nitrogens with one attached hydrogen (secondary N) is 1. The second-order valence-corrected chi connectivity index (χ2v) is 9.09. The largest absolute Gasteiger partial charge is 0.454 e. The van der Waals surface area contributed by atoms with E-state index in [-0.39, 0.29) is 41.4 Å². The van der Waals surface area contributed by atoms with Gasteiger partial charge in [-0.15, -0.1) is 0 Å². The van der Waals surface area contributed by atoms with Crippen LogP contribution >= 0.6 is 0 Å². The van der Waals surface area contributed by atoms with Crippen molar-refractivity contribution in [3.63, 3.8) is 0 Å². The number of aryl methyl sites for hydroxylation is 1. The van der Waals surface area contributed by atoms with Gasteiger partial charge in [0, 0.05) is 5.69 Å². The molecular formula is C23H28N2O5. The fourth-order valence-electron chi connectivity index (χ4n) is 5.50. The molecule has 1 saturated heterocycles. The zero-order chi connectivity index (χ0) is 21.6. The van der Waals surface area contributed by atoms with Crippen molar-refractivity contribution in [1.29, 1.82) is 0 Å². The maximum Gasteiger partial charge on any atom is 0.330 e. The van der Waals surface area contributed by atoms with Crippen molar-refractivity contribution in [3.05, 3.63) is 29.8 Å². The number of para-hydroxylation sites is 1. The van der Waals surface area contributed by atoms with Crippen LogP contribution in [0.25, 0.3) is 0 Å². The summed E-state index contributed by atoms with van der Waals surface area (Å²) in [6.45, 7) is 4.96. The Morgan fingerprint density at radius 2 is 1.70 bits per heavy atom. The molecule has 0 aromatic heterocycles. The molecule has 3 amide bonds. The van der Waals surface area contributed by atoms with E-state index in [1.807, 2.05) is 19.1 Å². The van der Waals surface area contributed by atoms with Crippen LogP contribution < -0.4 is 5.32 Å². The number of carbonyl (C=O) groups excluding carboxylic acids is 4. The van der Waals surface area contributed by atoms with Gasteiger partial charge in [0.25, 0.3) is 5.91 Å². The molecule has 4 rings (SSSR count). The van der Waals surface area contributed by atoms with Crippen molar-refractivity contribution in [2.45, 2.75) is 46.1 Å². The molecule has 1 aromatic rings. The molecule has 0 radical (unpaired) electrons. The molecule has 3 fully saturated rings. The van der Waals surface area contributed by atoms with Crippen LogP contribution in [0.3, 0.4) is 0 Å². The molecule has 30 heavy (non-hydrogen) atoms. The molecule has 1 aliphatic heterocycles. The molecule has 2 bridgehead atoms. The van der Waals surface area contributed by atoms with Crippen LogP contribution in [-0.2, 0) is 23.9 Å². The highest BCUT2D eigenvalue weighted by molar-refractivity contribution is 6.08. The number of amides is 3. The lowest BCUT2D eigenvalue weighted by molar-refractivity contribution is -0.162. The second kappa shape index (κ2) is 7.85. The Morgan fingerprint density at radius 1 is 1.10 bits per heavy atom. The quantitative estimate of drug-likeness (QED) is 0.573. The number of likely N-dealkylation sites (tertiary alicyclic amines) is 1. The zero-order valence-electron chi connectivity index (χ0n) is 17.6. The summed E-state index contributed by atoms with van der Waals surface area (Å²) in [5, 5.41) is 2.71. The fraction of sp³-hybridized carbons (Fsp3) is 0.565. The number of ether oxygens (including phenoxy) is 1. The lowest BCUT2D eigenvalue weighted by Gasteiger charge is -2.28. The van der Waals surface area contributed by atoms with Gasteiger partial charge < -0.3 is 10.1 Å². The number of rotatable bonds is 6. The van der Waals surface area contributed by atoms with Gasteiger partial charge in [-0.05, 0) is 55.6 Å². The van der Waals surface area contributed by atoms with Gasteiger partial charge in [0.1, 0.15) is 6.04 Å². The summed E-state index contributed by atoms with van der Waals surface area (Å²) in [4.78, 5) is 52.4. The van der Waals surface area contributed by atoms with Crippen molar-refractivity contribution >= 4 is 29.4 Å². The predicted molar refractivity (Wildman–Crippen MR) is 109 cm³/mol. The van der Waals surface area contributed by atoms with Crippen LogP contribution in [0.1, 0.15) is 38.7 Å². The van der Waals surface area contributed by atoms with E-state index in [0.717, 1.165) is 29.7 Å². The van der Waals surface area contributed by atoms with E-state index < -0.39 is 24.5 Å². The normalized spacial score (nSPS) is 28.1. The number of hydrogen-bond acceptors (Lipinski definition) is 5. The Morgan fingerprint density at radius 3 is 2.27 bits per heavy atom. The minimum atomic E-state index is -0.999.